The molecule has 0 unspecified atom stereocenters. The van der Waals surface area contributed by atoms with Crippen molar-refractivity contribution in [2.45, 2.75) is 13.0 Å². The van der Waals surface area contributed by atoms with Crippen LogP contribution in [0, 0.1) is 0 Å². The molecule has 0 bridgehead atoms. The van der Waals surface area contributed by atoms with E-state index in [-0.39, 0.29) is 0 Å². The van der Waals surface area contributed by atoms with Gasteiger partial charge in [0.2, 0.25) is 0 Å². The van der Waals surface area contributed by atoms with Crippen molar-refractivity contribution in [1.29, 1.82) is 0 Å². The minimum Gasteiger partial charge on any atom is -0.377 e. The van der Waals surface area contributed by atoms with Crippen molar-refractivity contribution in [3.63, 3.8) is 0 Å². The third kappa shape index (κ3) is 3.16. The molecule has 0 aliphatic heterocycles. The van der Waals surface area contributed by atoms with E-state index in [0.29, 0.717) is 0 Å². The lowest BCUT2D eigenvalue weighted by Gasteiger charge is -2.22. The zero-order chi connectivity index (χ0) is 8.74. The minimum absolute atomic E-state index is 0.729. The van der Waals surface area contributed by atoms with Gasteiger partial charge in [0.25, 0.3) is 0 Å². The second-order valence-corrected chi connectivity index (χ2v) is 5.07. The molecular formula is C7H16O3Si. The highest BCUT2D eigenvalue weighted by Gasteiger charge is 2.35. The summed E-state index contributed by atoms with van der Waals surface area (Å²) in [5, 5.41) is 0. The monoisotopic (exact) mass is 176 g/mol. The van der Waals surface area contributed by atoms with Gasteiger partial charge in [0, 0.05) is 27.4 Å². The smallest absolute Gasteiger partial charge is 0.377 e. The Kier molecular flexibility index (Phi) is 5.40. The highest BCUT2D eigenvalue weighted by Crippen LogP contribution is 2.12. The molecule has 0 N–H and O–H groups in total. The molecule has 3 nitrogen and oxygen atoms in total. The van der Waals surface area contributed by atoms with Crippen LogP contribution in [0.15, 0.2) is 12.2 Å². The molecule has 0 spiro atoms. The second kappa shape index (κ2) is 5.48. The molecule has 11 heavy (non-hydrogen) atoms. The molecule has 0 saturated carbocycles. The van der Waals surface area contributed by atoms with Crippen molar-refractivity contribution in [3.8, 4) is 0 Å². The van der Waals surface area contributed by atoms with E-state index in [4.69, 9.17) is 13.3 Å². The van der Waals surface area contributed by atoms with Gasteiger partial charge in [-0.05, 0) is 6.92 Å². The summed E-state index contributed by atoms with van der Waals surface area (Å²) in [6.45, 7) is 1.96. The predicted octanol–water partition coefficient (Wildman–Crippen LogP) is 1.44. The summed E-state index contributed by atoms with van der Waals surface area (Å²) in [6.07, 6.45) is 3.95. The van der Waals surface area contributed by atoms with Gasteiger partial charge < -0.3 is 13.3 Å². The van der Waals surface area contributed by atoms with Gasteiger partial charge in [-0.3, -0.25) is 0 Å². The van der Waals surface area contributed by atoms with Gasteiger partial charge >= 0.3 is 8.80 Å². The van der Waals surface area contributed by atoms with Crippen LogP contribution in [0.3, 0.4) is 0 Å². The van der Waals surface area contributed by atoms with Crippen LogP contribution in [0.4, 0.5) is 0 Å². The number of hydrogen-bond acceptors (Lipinski definition) is 3. The van der Waals surface area contributed by atoms with E-state index in [2.05, 4.69) is 0 Å². The third-order valence-electron chi connectivity index (χ3n) is 1.54. The molecule has 0 atom stereocenters. The van der Waals surface area contributed by atoms with Crippen LogP contribution in [-0.4, -0.2) is 30.1 Å². The molecule has 0 saturated heterocycles. The molecule has 0 amide bonds. The molecule has 0 rings (SSSR count). The Balaban J connectivity index is 4.04. The molecule has 0 aliphatic carbocycles. The largest absolute Gasteiger partial charge is 0.504 e. The Labute approximate surface area is 69.3 Å². The van der Waals surface area contributed by atoms with E-state index in [0.717, 1.165) is 6.04 Å². The maximum absolute atomic E-state index is 5.18. The molecule has 66 valence electrons. The van der Waals surface area contributed by atoms with Crippen molar-refractivity contribution in [2.24, 2.45) is 0 Å². The van der Waals surface area contributed by atoms with Gasteiger partial charge in [-0.2, -0.15) is 0 Å². The molecule has 0 heterocycles. The summed E-state index contributed by atoms with van der Waals surface area (Å²) in [7, 11) is 2.52. The van der Waals surface area contributed by atoms with Crippen LogP contribution in [-0.2, 0) is 13.3 Å². The van der Waals surface area contributed by atoms with Gasteiger partial charge in [0.05, 0.1) is 0 Å². The van der Waals surface area contributed by atoms with Crippen LogP contribution in [0.1, 0.15) is 6.92 Å². The molecular weight excluding hydrogens is 160 g/mol. The first-order valence-electron chi connectivity index (χ1n) is 3.51. The van der Waals surface area contributed by atoms with Gasteiger partial charge in [-0.25, -0.2) is 0 Å². The number of hydrogen-bond donors (Lipinski definition) is 0. The quantitative estimate of drug-likeness (QED) is 0.468. The van der Waals surface area contributed by atoms with Crippen LogP contribution in [0.5, 0.6) is 0 Å². The Morgan fingerprint density at radius 3 is 1.82 bits per heavy atom. The average molecular weight is 176 g/mol. The SMILES string of the molecule is C/C=C/C[Si](OC)(OC)OC. The van der Waals surface area contributed by atoms with E-state index in [9.17, 15) is 0 Å². The zero-order valence-corrected chi connectivity index (χ0v) is 8.59. The van der Waals surface area contributed by atoms with Crippen molar-refractivity contribution in [1.82, 2.24) is 0 Å². The van der Waals surface area contributed by atoms with E-state index in [1.807, 2.05) is 19.1 Å². The summed E-state index contributed by atoms with van der Waals surface area (Å²) in [5.74, 6) is 0. The second-order valence-electron chi connectivity index (χ2n) is 2.07. The van der Waals surface area contributed by atoms with E-state index >= 15 is 0 Å². The van der Waals surface area contributed by atoms with Crippen LogP contribution >= 0.6 is 0 Å². The maximum atomic E-state index is 5.18. The molecule has 0 aliphatic rings. The Hall–Kier alpha value is -0.163. The third-order valence-corrected chi connectivity index (χ3v) is 4.14. The summed E-state index contributed by atoms with van der Waals surface area (Å²) in [5.41, 5.74) is 0. The first-order chi connectivity index (χ1) is 5.24. The predicted molar refractivity (Wildman–Crippen MR) is 46.4 cm³/mol. The highest BCUT2D eigenvalue weighted by atomic mass is 28.4. The van der Waals surface area contributed by atoms with Crippen molar-refractivity contribution < 1.29 is 13.3 Å². The fraction of sp³-hybridized carbons (Fsp3) is 0.714. The highest BCUT2D eigenvalue weighted by molar-refractivity contribution is 6.61. The molecule has 0 fully saturated rings. The van der Waals surface area contributed by atoms with Gasteiger partial charge in [-0.15, -0.1) is 0 Å². The fourth-order valence-electron chi connectivity index (χ4n) is 0.762. The topological polar surface area (TPSA) is 27.7 Å². The molecule has 0 radical (unpaired) electrons. The lowest BCUT2D eigenvalue weighted by molar-refractivity contribution is 0.127. The number of rotatable bonds is 5. The van der Waals surface area contributed by atoms with Gasteiger partial charge in [0.1, 0.15) is 0 Å². The fourth-order valence-corrected chi connectivity index (χ4v) is 2.29. The van der Waals surface area contributed by atoms with Crippen molar-refractivity contribution in [3.05, 3.63) is 12.2 Å². The average Bonchev–Trinajstić information content (AvgIpc) is 2.08. The maximum Gasteiger partial charge on any atom is 0.504 e. The summed E-state index contributed by atoms with van der Waals surface area (Å²) in [6, 6.07) is 0.729. The van der Waals surface area contributed by atoms with E-state index in [1.165, 1.54) is 0 Å². The number of allylic oxidation sites excluding steroid dienone is 2. The Morgan fingerprint density at radius 2 is 1.55 bits per heavy atom. The summed E-state index contributed by atoms with van der Waals surface area (Å²) < 4.78 is 15.5. The van der Waals surface area contributed by atoms with E-state index in [1.54, 1.807) is 21.3 Å². The van der Waals surface area contributed by atoms with Gasteiger partial charge in [0.15, 0.2) is 0 Å². The lowest BCUT2D eigenvalue weighted by atomic mass is 10.6. The van der Waals surface area contributed by atoms with Crippen molar-refractivity contribution in [2.75, 3.05) is 21.3 Å². The van der Waals surface area contributed by atoms with Crippen LogP contribution < -0.4 is 0 Å². The Bertz CT molecular complexity index is 113. The molecule has 0 aromatic heterocycles. The molecule has 0 aromatic carbocycles. The van der Waals surface area contributed by atoms with Crippen molar-refractivity contribution >= 4 is 8.80 Å². The first kappa shape index (κ1) is 10.8. The standard InChI is InChI=1S/C7H16O3Si/c1-5-6-7-11(8-2,9-3)10-4/h5-6H,7H2,1-4H3/b6-5+. The molecule has 4 heteroatoms. The normalized spacial score (nSPS) is 12.7. The van der Waals surface area contributed by atoms with Crippen LogP contribution in [0.2, 0.25) is 6.04 Å². The molecule has 0 aromatic rings. The lowest BCUT2D eigenvalue weighted by Crippen LogP contribution is -2.42. The Morgan fingerprint density at radius 1 is 1.09 bits per heavy atom. The zero-order valence-electron chi connectivity index (χ0n) is 7.59. The van der Waals surface area contributed by atoms with Crippen LogP contribution in [0.25, 0.3) is 0 Å². The first-order valence-corrected chi connectivity index (χ1v) is 5.44. The van der Waals surface area contributed by atoms with Gasteiger partial charge in [-0.1, -0.05) is 12.2 Å². The summed E-state index contributed by atoms with van der Waals surface area (Å²) >= 11 is 0. The van der Waals surface area contributed by atoms with E-state index < -0.39 is 8.80 Å². The summed E-state index contributed by atoms with van der Waals surface area (Å²) in [4.78, 5) is 0. The minimum atomic E-state index is -2.33.